The highest BCUT2D eigenvalue weighted by Crippen LogP contribution is 2.26. The Morgan fingerprint density at radius 3 is 2.75 bits per heavy atom. The Labute approximate surface area is 172 Å². The van der Waals surface area contributed by atoms with Gasteiger partial charge in [-0.25, -0.2) is 0 Å². The van der Waals surface area contributed by atoms with Crippen LogP contribution in [0.5, 0.6) is 5.75 Å². The van der Waals surface area contributed by atoms with Gasteiger partial charge in [-0.15, -0.1) is 11.3 Å². The molecule has 1 saturated carbocycles. The number of aliphatic hydroxyl groups is 1. The number of rotatable bonds is 8. The zero-order chi connectivity index (χ0) is 19.2. The van der Waals surface area contributed by atoms with Gasteiger partial charge < -0.3 is 9.84 Å². The van der Waals surface area contributed by atoms with Crippen LogP contribution in [-0.4, -0.2) is 53.3 Å². The largest absolute Gasteiger partial charge is 0.490 e. The van der Waals surface area contributed by atoms with Crippen LogP contribution in [0.25, 0.3) is 0 Å². The van der Waals surface area contributed by atoms with Gasteiger partial charge >= 0.3 is 0 Å². The smallest absolute Gasteiger partial charge is 0.120 e. The highest BCUT2D eigenvalue weighted by molar-refractivity contribution is 7.09. The van der Waals surface area contributed by atoms with Gasteiger partial charge in [-0.2, -0.15) is 0 Å². The molecule has 0 unspecified atom stereocenters. The molecule has 2 aromatic rings. The van der Waals surface area contributed by atoms with Gasteiger partial charge in [0.15, 0.2) is 0 Å². The third-order valence-electron chi connectivity index (χ3n) is 6.00. The van der Waals surface area contributed by atoms with Crippen molar-refractivity contribution in [1.82, 2.24) is 9.80 Å². The van der Waals surface area contributed by atoms with Crippen molar-refractivity contribution in [3.63, 3.8) is 0 Å². The number of ether oxygens (including phenoxy) is 1. The van der Waals surface area contributed by atoms with Crippen molar-refractivity contribution in [3.8, 4) is 5.75 Å². The molecule has 0 spiro atoms. The van der Waals surface area contributed by atoms with Crippen LogP contribution in [0.2, 0.25) is 0 Å². The van der Waals surface area contributed by atoms with Gasteiger partial charge in [-0.3, -0.25) is 9.80 Å². The summed E-state index contributed by atoms with van der Waals surface area (Å²) < 4.78 is 6.18. The van der Waals surface area contributed by atoms with Gasteiger partial charge in [0.05, 0.1) is 6.10 Å². The second-order valence-electron chi connectivity index (χ2n) is 8.12. The van der Waals surface area contributed by atoms with Gasteiger partial charge in [-0.1, -0.05) is 18.2 Å². The van der Waals surface area contributed by atoms with Crippen LogP contribution in [0.1, 0.15) is 42.5 Å². The zero-order valence-corrected chi connectivity index (χ0v) is 17.4. The van der Waals surface area contributed by atoms with Crippen LogP contribution in [-0.2, 0) is 13.1 Å². The molecule has 1 aliphatic heterocycles. The first kappa shape index (κ1) is 19.9. The summed E-state index contributed by atoms with van der Waals surface area (Å²) in [6, 6.07) is 13.4. The summed E-state index contributed by atoms with van der Waals surface area (Å²) in [5.74, 6) is 1.02. The first-order valence-electron chi connectivity index (χ1n) is 10.7. The molecule has 1 aliphatic carbocycles. The van der Waals surface area contributed by atoms with Crippen molar-refractivity contribution in [2.45, 2.75) is 57.3 Å². The normalized spacial score (nSPS) is 22.0. The van der Waals surface area contributed by atoms with Crippen LogP contribution >= 0.6 is 11.3 Å². The predicted octanol–water partition coefficient (Wildman–Crippen LogP) is 4.14. The molecule has 152 valence electrons. The van der Waals surface area contributed by atoms with E-state index in [0.29, 0.717) is 12.1 Å². The van der Waals surface area contributed by atoms with Crippen molar-refractivity contribution in [2.24, 2.45) is 0 Å². The van der Waals surface area contributed by atoms with E-state index < -0.39 is 0 Å². The van der Waals surface area contributed by atoms with Crippen LogP contribution in [0.4, 0.5) is 0 Å². The van der Waals surface area contributed by atoms with Crippen molar-refractivity contribution < 1.29 is 9.84 Å². The van der Waals surface area contributed by atoms with Gasteiger partial charge in [0.25, 0.3) is 0 Å². The number of thiophene rings is 1. The first-order valence-corrected chi connectivity index (χ1v) is 11.5. The minimum atomic E-state index is 0.254. The van der Waals surface area contributed by atoms with Crippen molar-refractivity contribution in [2.75, 3.05) is 26.2 Å². The number of hydrogen-bond acceptors (Lipinski definition) is 5. The quantitative estimate of drug-likeness (QED) is 0.722. The Balaban J connectivity index is 1.34. The highest BCUT2D eigenvalue weighted by Gasteiger charge is 2.27. The second-order valence-corrected chi connectivity index (χ2v) is 9.16. The average molecular weight is 401 g/mol. The van der Waals surface area contributed by atoms with E-state index in [1.165, 1.54) is 36.1 Å². The van der Waals surface area contributed by atoms with Gasteiger partial charge in [0.1, 0.15) is 5.75 Å². The third-order valence-corrected chi connectivity index (χ3v) is 6.86. The number of piperazine rings is 1. The van der Waals surface area contributed by atoms with Crippen LogP contribution in [0.3, 0.4) is 0 Å². The van der Waals surface area contributed by atoms with E-state index in [4.69, 9.17) is 4.74 Å². The minimum Gasteiger partial charge on any atom is -0.490 e. The predicted molar refractivity (Wildman–Crippen MR) is 115 cm³/mol. The summed E-state index contributed by atoms with van der Waals surface area (Å²) in [5, 5.41) is 11.7. The fraction of sp³-hybridized carbons (Fsp3) is 0.565. The molecule has 1 aromatic carbocycles. The van der Waals surface area contributed by atoms with E-state index in [9.17, 15) is 5.11 Å². The summed E-state index contributed by atoms with van der Waals surface area (Å²) in [5.41, 5.74) is 1.32. The topological polar surface area (TPSA) is 35.9 Å². The number of hydrogen-bond donors (Lipinski definition) is 1. The Morgan fingerprint density at radius 2 is 1.96 bits per heavy atom. The summed E-state index contributed by atoms with van der Waals surface area (Å²) in [7, 11) is 0. The van der Waals surface area contributed by atoms with E-state index in [1.54, 1.807) is 0 Å². The lowest BCUT2D eigenvalue weighted by molar-refractivity contribution is 0.0506. The van der Waals surface area contributed by atoms with E-state index in [-0.39, 0.29) is 6.61 Å². The molecule has 0 radical (unpaired) electrons. The molecule has 4 nitrogen and oxygen atoms in total. The Kier molecular flexibility index (Phi) is 7.02. The standard InChI is InChI=1S/C23H32N2O2S/c26-13-10-20-17-24(11-12-25(20)18-23-9-4-14-28-23)16-19-5-3-8-22(15-19)27-21-6-1-2-7-21/h3-5,8-9,14-15,20-21,26H,1-2,6-7,10-13,16-18H2/t20-/m0/s1. The van der Waals surface area contributed by atoms with E-state index in [0.717, 1.165) is 44.9 Å². The lowest BCUT2D eigenvalue weighted by Crippen LogP contribution is -2.52. The highest BCUT2D eigenvalue weighted by atomic mass is 32.1. The fourth-order valence-electron chi connectivity index (χ4n) is 4.51. The Hall–Kier alpha value is -1.40. The molecule has 2 fully saturated rings. The molecule has 1 atom stereocenters. The van der Waals surface area contributed by atoms with E-state index in [1.807, 2.05) is 11.3 Å². The summed E-state index contributed by atoms with van der Waals surface area (Å²) >= 11 is 1.82. The molecule has 2 aliphatic rings. The molecule has 5 heteroatoms. The third kappa shape index (κ3) is 5.35. The lowest BCUT2D eigenvalue weighted by Gasteiger charge is -2.41. The molecule has 4 rings (SSSR count). The summed E-state index contributed by atoms with van der Waals surface area (Å²) in [4.78, 5) is 6.48. The number of nitrogens with zero attached hydrogens (tertiary/aromatic N) is 2. The molecule has 0 bridgehead atoms. The molecule has 28 heavy (non-hydrogen) atoms. The molecule has 0 amide bonds. The van der Waals surface area contributed by atoms with Crippen molar-refractivity contribution in [3.05, 3.63) is 52.2 Å². The Bertz CT molecular complexity index is 715. The SMILES string of the molecule is OCC[C@H]1CN(Cc2cccc(OC3CCCC3)c2)CCN1Cc1cccs1. The first-order chi connectivity index (χ1) is 13.8. The average Bonchev–Trinajstić information content (AvgIpc) is 3.39. The fourth-order valence-corrected chi connectivity index (χ4v) is 5.24. The van der Waals surface area contributed by atoms with Gasteiger partial charge in [0.2, 0.25) is 0 Å². The van der Waals surface area contributed by atoms with Crippen LogP contribution in [0, 0.1) is 0 Å². The Morgan fingerprint density at radius 1 is 1.07 bits per heavy atom. The number of aliphatic hydroxyl groups excluding tert-OH is 1. The second kappa shape index (κ2) is 9.88. The van der Waals surface area contributed by atoms with E-state index in [2.05, 4.69) is 51.6 Å². The molecule has 1 N–H and O–H groups in total. The van der Waals surface area contributed by atoms with Crippen LogP contribution < -0.4 is 4.74 Å². The van der Waals surface area contributed by atoms with Crippen molar-refractivity contribution >= 4 is 11.3 Å². The maximum atomic E-state index is 9.55. The van der Waals surface area contributed by atoms with E-state index >= 15 is 0 Å². The monoisotopic (exact) mass is 400 g/mol. The molecule has 1 aromatic heterocycles. The van der Waals surface area contributed by atoms with Crippen molar-refractivity contribution in [1.29, 1.82) is 0 Å². The van der Waals surface area contributed by atoms with Crippen LogP contribution in [0.15, 0.2) is 41.8 Å². The molecular weight excluding hydrogens is 368 g/mol. The van der Waals surface area contributed by atoms with Gasteiger partial charge in [-0.05, 0) is 61.2 Å². The molecule has 2 heterocycles. The van der Waals surface area contributed by atoms with Gasteiger partial charge in [0, 0.05) is 50.2 Å². The molecular formula is C23H32N2O2S. The minimum absolute atomic E-state index is 0.254. The maximum Gasteiger partial charge on any atom is 0.120 e. The summed E-state index contributed by atoms with van der Waals surface area (Å²) in [6.07, 6.45) is 6.23. The zero-order valence-electron chi connectivity index (χ0n) is 16.6. The maximum absolute atomic E-state index is 9.55. The lowest BCUT2D eigenvalue weighted by atomic mass is 10.1. The number of benzene rings is 1. The summed E-state index contributed by atoms with van der Waals surface area (Å²) in [6.45, 7) is 5.35. The molecule has 1 saturated heterocycles.